The molecule has 3 aromatic rings. The van der Waals surface area contributed by atoms with E-state index < -0.39 is 4.92 Å². The van der Waals surface area contributed by atoms with Gasteiger partial charge in [-0.3, -0.25) is 14.9 Å². The van der Waals surface area contributed by atoms with Crippen molar-refractivity contribution in [3.63, 3.8) is 0 Å². The van der Waals surface area contributed by atoms with Gasteiger partial charge in [0, 0.05) is 17.5 Å². The molecule has 0 unspecified atom stereocenters. The van der Waals surface area contributed by atoms with Gasteiger partial charge in [0.05, 0.1) is 18.1 Å². The van der Waals surface area contributed by atoms with Crippen molar-refractivity contribution in [3.8, 4) is 5.75 Å². The number of para-hydroxylation sites is 1. The number of amides is 1. The van der Waals surface area contributed by atoms with Crippen LogP contribution >= 0.6 is 0 Å². The molecule has 7 heteroatoms. The number of methoxy groups -OCH3 is 1. The molecule has 1 atom stereocenters. The number of furan rings is 1. The third-order valence-electron chi connectivity index (χ3n) is 3.90. The van der Waals surface area contributed by atoms with Crippen molar-refractivity contribution in [1.29, 1.82) is 0 Å². The lowest BCUT2D eigenvalue weighted by molar-refractivity contribution is -0.384. The molecule has 0 saturated carbocycles. The van der Waals surface area contributed by atoms with Crippen molar-refractivity contribution in [2.75, 3.05) is 7.11 Å². The molecular formula is C18H16N2O5. The summed E-state index contributed by atoms with van der Waals surface area (Å²) in [4.78, 5) is 22.7. The topological polar surface area (TPSA) is 94.6 Å². The highest BCUT2D eigenvalue weighted by Crippen LogP contribution is 2.28. The molecular weight excluding hydrogens is 324 g/mol. The largest absolute Gasteiger partial charge is 0.493 e. The van der Waals surface area contributed by atoms with E-state index in [1.807, 2.05) is 12.1 Å². The molecule has 1 N–H and O–H groups in total. The number of nitrogens with zero attached hydrogens (tertiary/aromatic N) is 1. The van der Waals surface area contributed by atoms with E-state index in [-0.39, 0.29) is 23.4 Å². The number of fused-ring (bicyclic) bond motifs is 1. The van der Waals surface area contributed by atoms with Gasteiger partial charge in [-0.2, -0.15) is 0 Å². The lowest BCUT2D eigenvalue weighted by Gasteiger charge is -2.13. The summed E-state index contributed by atoms with van der Waals surface area (Å²) in [5.41, 5.74) is 1.28. The normalized spacial score (nSPS) is 11.9. The van der Waals surface area contributed by atoms with E-state index in [0.29, 0.717) is 11.3 Å². The monoisotopic (exact) mass is 340 g/mol. The van der Waals surface area contributed by atoms with E-state index in [9.17, 15) is 14.9 Å². The molecule has 0 radical (unpaired) electrons. The maximum absolute atomic E-state index is 12.4. The molecule has 1 aromatic heterocycles. The zero-order valence-corrected chi connectivity index (χ0v) is 13.7. The van der Waals surface area contributed by atoms with Crippen LogP contribution in [0.25, 0.3) is 11.0 Å². The molecule has 1 amide bonds. The second-order valence-electron chi connectivity index (χ2n) is 5.53. The summed E-state index contributed by atoms with van der Waals surface area (Å²) >= 11 is 0. The van der Waals surface area contributed by atoms with Gasteiger partial charge in [-0.1, -0.05) is 24.3 Å². The number of nitrogens with one attached hydrogen (secondary N) is 1. The Hall–Kier alpha value is -3.35. The van der Waals surface area contributed by atoms with Crippen LogP contribution in [0.5, 0.6) is 5.75 Å². The molecule has 7 nitrogen and oxygen atoms in total. The van der Waals surface area contributed by atoms with E-state index in [0.717, 1.165) is 10.9 Å². The molecule has 0 spiro atoms. The SMILES string of the molecule is COc1cccc2cc(C(=O)N[C@H](C)c3ccc([N+](=O)[O-])cc3)oc12. The number of ether oxygens (including phenoxy) is 1. The van der Waals surface area contributed by atoms with Gasteiger partial charge in [-0.15, -0.1) is 0 Å². The predicted molar refractivity (Wildman–Crippen MR) is 91.7 cm³/mol. The van der Waals surface area contributed by atoms with Crippen molar-refractivity contribution < 1.29 is 18.9 Å². The second kappa shape index (κ2) is 6.64. The first-order valence-electron chi connectivity index (χ1n) is 7.61. The van der Waals surface area contributed by atoms with Gasteiger partial charge >= 0.3 is 0 Å². The summed E-state index contributed by atoms with van der Waals surface area (Å²) in [5, 5.41) is 14.3. The molecule has 1 heterocycles. The van der Waals surface area contributed by atoms with Crippen LogP contribution in [0.1, 0.15) is 29.1 Å². The molecule has 0 bridgehead atoms. The average molecular weight is 340 g/mol. The van der Waals surface area contributed by atoms with Crippen molar-refractivity contribution in [2.45, 2.75) is 13.0 Å². The van der Waals surface area contributed by atoms with E-state index in [2.05, 4.69) is 5.32 Å². The predicted octanol–water partition coefficient (Wildman–Crippen LogP) is 3.84. The lowest BCUT2D eigenvalue weighted by atomic mass is 10.1. The Morgan fingerprint density at radius 1 is 1.24 bits per heavy atom. The summed E-state index contributed by atoms with van der Waals surface area (Å²) in [6.45, 7) is 1.79. The molecule has 0 saturated heterocycles. The van der Waals surface area contributed by atoms with Gasteiger partial charge in [0.25, 0.3) is 11.6 Å². The van der Waals surface area contributed by atoms with Crippen LogP contribution in [-0.4, -0.2) is 17.9 Å². The van der Waals surface area contributed by atoms with Gasteiger partial charge in [-0.05, 0) is 24.6 Å². The number of non-ortho nitro benzene ring substituents is 1. The van der Waals surface area contributed by atoms with Crippen molar-refractivity contribution >= 4 is 22.6 Å². The molecule has 0 aliphatic carbocycles. The summed E-state index contributed by atoms with van der Waals surface area (Å²) in [7, 11) is 1.54. The van der Waals surface area contributed by atoms with Crippen LogP contribution in [0.2, 0.25) is 0 Å². The first-order valence-corrected chi connectivity index (χ1v) is 7.61. The minimum Gasteiger partial charge on any atom is -0.493 e. The number of nitro benzene ring substituents is 1. The number of benzene rings is 2. The van der Waals surface area contributed by atoms with E-state index in [1.165, 1.54) is 19.2 Å². The number of hydrogen-bond acceptors (Lipinski definition) is 5. The maximum atomic E-state index is 12.4. The smallest absolute Gasteiger partial charge is 0.287 e. The second-order valence-corrected chi connectivity index (χ2v) is 5.53. The van der Waals surface area contributed by atoms with Crippen molar-refractivity contribution in [3.05, 3.63) is 70.0 Å². The minimum atomic E-state index is -0.463. The quantitative estimate of drug-likeness (QED) is 0.562. The van der Waals surface area contributed by atoms with Crippen LogP contribution in [0.4, 0.5) is 5.69 Å². The van der Waals surface area contributed by atoms with E-state index >= 15 is 0 Å². The van der Waals surface area contributed by atoms with Crippen LogP contribution < -0.4 is 10.1 Å². The van der Waals surface area contributed by atoms with E-state index in [1.54, 1.807) is 31.2 Å². The number of carbonyl (C=O) groups excluding carboxylic acids is 1. The standard InChI is InChI=1S/C18H16N2O5/c1-11(12-6-8-14(9-7-12)20(22)23)19-18(21)16-10-13-4-3-5-15(24-2)17(13)25-16/h3-11H,1-2H3,(H,19,21)/t11-/m1/s1. The van der Waals surface area contributed by atoms with E-state index in [4.69, 9.17) is 9.15 Å². The molecule has 25 heavy (non-hydrogen) atoms. The summed E-state index contributed by atoms with van der Waals surface area (Å²) in [5.74, 6) is 0.359. The zero-order chi connectivity index (χ0) is 18.0. The Balaban J connectivity index is 1.78. The third-order valence-corrected chi connectivity index (χ3v) is 3.90. The van der Waals surface area contributed by atoms with Crippen LogP contribution in [0.3, 0.4) is 0 Å². The molecule has 0 aliphatic heterocycles. The van der Waals surface area contributed by atoms with Crippen LogP contribution in [0.15, 0.2) is 52.9 Å². The highest BCUT2D eigenvalue weighted by Gasteiger charge is 2.17. The number of carbonyl (C=O) groups is 1. The fourth-order valence-corrected chi connectivity index (χ4v) is 2.54. The maximum Gasteiger partial charge on any atom is 0.287 e. The number of hydrogen-bond donors (Lipinski definition) is 1. The Morgan fingerprint density at radius 3 is 2.60 bits per heavy atom. The first-order chi connectivity index (χ1) is 12.0. The fourth-order valence-electron chi connectivity index (χ4n) is 2.54. The highest BCUT2D eigenvalue weighted by molar-refractivity contribution is 5.97. The third kappa shape index (κ3) is 3.30. The van der Waals surface area contributed by atoms with Gasteiger partial charge in [0.1, 0.15) is 0 Å². The van der Waals surface area contributed by atoms with Gasteiger partial charge in [-0.25, -0.2) is 0 Å². The Labute approximate surface area is 143 Å². The Bertz CT molecular complexity index is 930. The minimum absolute atomic E-state index is 0.00616. The van der Waals surface area contributed by atoms with Gasteiger partial charge in [0.2, 0.25) is 0 Å². The molecule has 3 rings (SSSR count). The molecule has 0 aliphatic rings. The Morgan fingerprint density at radius 2 is 1.96 bits per heavy atom. The van der Waals surface area contributed by atoms with Gasteiger partial charge in [0.15, 0.2) is 17.1 Å². The number of nitro groups is 1. The van der Waals surface area contributed by atoms with Crippen LogP contribution in [0, 0.1) is 10.1 Å². The summed E-state index contributed by atoms with van der Waals surface area (Å²) in [6, 6.07) is 12.8. The van der Waals surface area contributed by atoms with Crippen LogP contribution in [-0.2, 0) is 0 Å². The highest BCUT2D eigenvalue weighted by atomic mass is 16.6. The Kier molecular flexibility index (Phi) is 4.38. The number of rotatable bonds is 5. The first kappa shape index (κ1) is 16.5. The fraction of sp³-hybridized carbons (Fsp3) is 0.167. The molecule has 0 fully saturated rings. The zero-order valence-electron chi connectivity index (χ0n) is 13.7. The summed E-state index contributed by atoms with van der Waals surface area (Å²) in [6.07, 6.45) is 0. The lowest BCUT2D eigenvalue weighted by Crippen LogP contribution is -2.26. The van der Waals surface area contributed by atoms with Gasteiger partial charge < -0.3 is 14.5 Å². The summed E-state index contributed by atoms with van der Waals surface area (Å²) < 4.78 is 10.8. The molecule has 128 valence electrons. The average Bonchev–Trinajstić information content (AvgIpc) is 3.06. The van der Waals surface area contributed by atoms with Crippen molar-refractivity contribution in [2.24, 2.45) is 0 Å². The molecule has 2 aromatic carbocycles. The van der Waals surface area contributed by atoms with Crippen molar-refractivity contribution in [1.82, 2.24) is 5.32 Å².